The van der Waals surface area contributed by atoms with E-state index in [4.69, 9.17) is 0 Å². The van der Waals surface area contributed by atoms with Crippen LogP contribution in [-0.2, 0) is 16.1 Å². The number of benzene rings is 1. The van der Waals surface area contributed by atoms with Crippen molar-refractivity contribution in [2.45, 2.75) is 25.4 Å². The van der Waals surface area contributed by atoms with E-state index in [-0.39, 0.29) is 5.97 Å². The van der Waals surface area contributed by atoms with Crippen LogP contribution in [0.25, 0.3) is 6.08 Å². The molecule has 0 N–H and O–H groups in total. The highest BCUT2D eigenvalue weighted by molar-refractivity contribution is 5.86. The molecule has 0 amide bonds. The third kappa shape index (κ3) is 4.11. The number of nitrogens with zero attached hydrogens (tertiary/aromatic N) is 3. The van der Waals surface area contributed by atoms with E-state index in [1.54, 1.807) is 6.08 Å². The lowest BCUT2D eigenvalue weighted by molar-refractivity contribution is -0.134. The fourth-order valence-corrected chi connectivity index (χ4v) is 3.20. The highest BCUT2D eigenvalue weighted by atomic mass is 16.5. The van der Waals surface area contributed by atoms with Gasteiger partial charge in [0, 0.05) is 37.6 Å². The van der Waals surface area contributed by atoms with Crippen molar-refractivity contribution in [2.24, 2.45) is 0 Å². The third-order valence-corrected chi connectivity index (χ3v) is 4.50. The molecule has 1 aliphatic heterocycles. The molecule has 1 fully saturated rings. The van der Waals surface area contributed by atoms with Crippen molar-refractivity contribution in [1.82, 2.24) is 14.5 Å². The third-order valence-electron chi connectivity index (χ3n) is 4.50. The molecule has 1 saturated heterocycles. The van der Waals surface area contributed by atoms with Crippen molar-refractivity contribution in [3.8, 4) is 0 Å². The van der Waals surface area contributed by atoms with Gasteiger partial charge < -0.3 is 9.30 Å². The van der Waals surface area contributed by atoms with Gasteiger partial charge in [-0.05, 0) is 36.6 Å². The number of aromatic nitrogens is 2. The molecule has 2 heterocycles. The summed E-state index contributed by atoms with van der Waals surface area (Å²) in [5, 5.41) is 0. The fourth-order valence-electron chi connectivity index (χ4n) is 3.20. The molecule has 1 atom stereocenters. The Morgan fingerprint density at radius 2 is 2.17 bits per heavy atom. The molecule has 0 aliphatic carbocycles. The molecular formula is C19H23N3O2. The molecule has 24 heavy (non-hydrogen) atoms. The number of carbonyl (C=O) groups excluding carboxylic acids is 1. The second-order valence-electron chi connectivity index (χ2n) is 6.02. The van der Waals surface area contributed by atoms with Crippen LogP contribution in [0.3, 0.4) is 0 Å². The van der Waals surface area contributed by atoms with Crippen LogP contribution in [0.5, 0.6) is 0 Å². The van der Waals surface area contributed by atoms with Crippen molar-refractivity contribution in [1.29, 1.82) is 0 Å². The molecule has 126 valence electrons. The fraction of sp³-hybridized carbons (Fsp3) is 0.368. The van der Waals surface area contributed by atoms with Crippen LogP contribution in [0.2, 0.25) is 0 Å². The number of imidazole rings is 1. The summed E-state index contributed by atoms with van der Waals surface area (Å²) in [7, 11) is 1.38. The Bertz CT molecular complexity index is 677. The van der Waals surface area contributed by atoms with Crippen molar-refractivity contribution >= 4 is 12.0 Å². The Hall–Kier alpha value is -2.40. The number of methoxy groups -OCH3 is 1. The molecule has 0 radical (unpaired) electrons. The summed E-state index contributed by atoms with van der Waals surface area (Å²) in [4.78, 5) is 17.8. The van der Waals surface area contributed by atoms with E-state index in [1.165, 1.54) is 31.6 Å². The summed E-state index contributed by atoms with van der Waals surface area (Å²) >= 11 is 0. The first kappa shape index (κ1) is 16.5. The number of likely N-dealkylation sites (tertiary alicyclic amines) is 1. The van der Waals surface area contributed by atoms with Crippen LogP contribution in [0, 0.1) is 0 Å². The zero-order valence-corrected chi connectivity index (χ0v) is 14.0. The van der Waals surface area contributed by atoms with Crippen molar-refractivity contribution < 1.29 is 9.53 Å². The lowest BCUT2D eigenvalue weighted by Crippen LogP contribution is -2.27. The molecule has 2 aromatic rings. The van der Waals surface area contributed by atoms with E-state index in [1.807, 2.05) is 18.7 Å². The number of esters is 1. The van der Waals surface area contributed by atoms with Gasteiger partial charge in [0.2, 0.25) is 0 Å². The van der Waals surface area contributed by atoms with E-state index >= 15 is 0 Å². The first-order chi connectivity index (χ1) is 11.8. The number of carbonyl (C=O) groups is 1. The number of hydrogen-bond acceptors (Lipinski definition) is 4. The lowest BCUT2D eigenvalue weighted by Gasteiger charge is -2.25. The molecule has 0 spiro atoms. The van der Waals surface area contributed by atoms with E-state index in [0.29, 0.717) is 6.04 Å². The highest BCUT2D eigenvalue weighted by Crippen LogP contribution is 2.31. The average molecular weight is 325 g/mol. The summed E-state index contributed by atoms with van der Waals surface area (Å²) in [5.41, 5.74) is 2.35. The number of rotatable bonds is 6. The standard InChI is InChI=1S/C19H23N3O2/c1-24-19(23)9-6-16-4-7-17(8-5-16)18-3-2-11-22(18)14-13-21-12-10-20-15-21/h4-10,12,15,18H,2-3,11,13-14H2,1H3. The van der Waals surface area contributed by atoms with Gasteiger partial charge in [-0.1, -0.05) is 24.3 Å². The molecule has 0 bridgehead atoms. The SMILES string of the molecule is COC(=O)C=Cc1ccc(C2CCCN2CCn2ccnc2)cc1. The van der Waals surface area contributed by atoms with Crippen LogP contribution >= 0.6 is 0 Å². The zero-order valence-electron chi connectivity index (χ0n) is 14.0. The van der Waals surface area contributed by atoms with Gasteiger partial charge in [-0.2, -0.15) is 0 Å². The van der Waals surface area contributed by atoms with Gasteiger partial charge in [-0.3, -0.25) is 4.90 Å². The van der Waals surface area contributed by atoms with Crippen LogP contribution in [0.1, 0.15) is 30.0 Å². The predicted octanol–water partition coefficient (Wildman–Crippen LogP) is 2.91. The van der Waals surface area contributed by atoms with Gasteiger partial charge in [0.15, 0.2) is 0 Å². The quantitative estimate of drug-likeness (QED) is 0.605. The Labute approximate surface area is 142 Å². The predicted molar refractivity (Wildman–Crippen MR) is 93.3 cm³/mol. The smallest absolute Gasteiger partial charge is 0.330 e. The van der Waals surface area contributed by atoms with E-state index in [9.17, 15) is 4.79 Å². The maximum Gasteiger partial charge on any atom is 0.330 e. The van der Waals surface area contributed by atoms with Crippen LogP contribution < -0.4 is 0 Å². The number of ether oxygens (including phenoxy) is 1. The Morgan fingerprint density at radius 3 is 2.88 bits per heavy atom. The summed E-state index contributed by atoms with van der Waals surface area (Å²) in [6.45, 7) is 3.14. The van der Waals surface area contributed by atoms with Crippen LogP contribution in [0.4, 0.5) is 0 Å². The molecule has 3 rings (SSSR count). The molecule has 1 aromatic heterocycles. The topological polar surface area (TPSA) is 47.4 Å². The summed E-state index contributed by atoms with van der Waals surface area (Å²) in [6.07, 6.45) is 11.4. The zero-order chi connectivity index (χ0) is 16.8. The maximum atomic E-state index is 11.2. The minimum absolute atomic E-state index is 0.333. The molecule has 5 heteroatoms. The largest absolute Gasteiger partial charge is 0.466 e. The van der Waals surface area contributed by atoms with Gasteiger partial charge in [0.1, 0.15) is 0 Å². The monoisotopic (exact) mass is 325 g/mol. The van der Waals surface area contributed by atoms with Crippen molar-refractivity contribution in [3.63, 3.8) is 0 Å². The normalized spacial score (nSPS) is 18.3. The molecule has 1 aliphatic rings. The summed E-state index contributed by atoms with van der Waals surface area (Å²) in [5.74, 6) is -0.333. The average Bonchev–Trinajstić information content (AvgIpc) is 3.29. The Morgan fingerprint density at radius 1 is 1.33 bits per heavy atom. The molecular weight excluding hydrogens is 302 g/mol. The molecule has 0 saturated carbocycles. The maximum absolute atomic E-state index is 11.2. The Kier molecular flexibility index (Phi) is 5.43. The second kappa shape index (κ2) is 7.93. The van der Waals surface area contributed by atoms with Gasteiger partial charge >= 0.3 is 5.97 Å². The van der Waals surface area contributed by atoms with E-state index in [0.717, 1.165) is 25.2 Å². The Balaban J connectivity index is 1.62. The lowest BCUT2D eigenvalue weighted by atomic mass is 10.0. The first-order valence-electron chi connectivity index (χ1n) is 8.32. The van der Waals surface area contributed by atoms with E-state index < -0.39 is 0 Å². The summed E-state index contributed by atoms with van der Waals surface area (Å²) < 4.78 is 6.73. The van der Waals surface area contributed by atoms with E-state index in [2.05, 4.69) is 43.5 Å². The van der Waals surface area contributed by atoms with Gasteiger partial charge in [0.05, 0.1) is 13.4 Å². The minimum Gasteiger partial charge on any atom is -0.466 e. The molecule has 1 unspecified atom stereocenters. The minimum atomic E-state index is -0.333. The molecule has 1 aromatic carbocycles. The highest BCUT2D eigenvalue weighted by Gasteiger charge is 2.25. The van der Waals surface area contributed by atoms with Gasteiger partial charge in [-0.15, -0.1) is 0 Å². The first-order valence-corrected chi connectivity index (χ1v) is 8.32. The summed E-state index contributed by atoms with van der Waals surface area (Å²) in [6, 6.07) is 8.92. The van der Waals surface area contributed by atoms with Crippen molar-refractivity contribution in [3.05, 3.63) is 60.2 Å². The van der Waals surface area contributed by atoms with Gasteiger partial charge in [-0.25, -0.2) is 9.78 Å². The molecule has 5 nitrogen and oxygen atoms in total. The number of hydrogen-bond donors (Lipinski definition) is 0. The second-order valence-corrected chi connectivity index (χ2v) is 6.02. The van der Waals surface area contributed by atoms with Crippen molar-refractivity contribution in [2.75, 3.05) is 20.2 Å². The van der Waals surface area contributed by atoms with Gasteiger partial charge in [0.25, 0.3) is 0 Å². The van der Waals surface area contributed by atoms with Crippen LogP contribution in [-0.4, -0.2) is 40.6 Å². The van der Waals surface area contributed by atoms with Crippen LogP contribution in [0.15, 0.2) is 49.1 Å².